The summed E-state index contributed by atoms with van der Waals surface area (Å²) in [4.78, 5) is 22.2. The Kier molecular flexibility index (Phi) is 3.42. The van der Waals surface area contributed by atoms with Crippen LogP contribution in [0.5, 0.6) is 0 Å². The van der Waals surface area contributed by atoms with Crippen LogP contribution in [0.4, 0.5) is 0 Å². The summed E-state index contributed by atoms with van der Waals surface area (Å²) >= 11 is 0. The van der Waals surface area contributed by atoms with Crippen molar-refractivity contribution in [3.8, 4) is 0 Å². The Morgan fingerprint density at radius 1 is 1.54 bits per heavy atom. The van der Waals surface area contributed by atoms with Gasteiger partial charge in [0.05, 0.1) is 7.11 Å². The van der Waals surface area contributed by atoms with E-state index in [0.717, 1.165) is 19.3 Å². The Morgan fingerprint density at radius 2 is 2.15 bits per heavy atom. The average Bonchev–Trinajstić information content (AvgIpc) is 1.99. The topological polar surface area (TPSA) is 69.4 Å². The van der Waals surface area contributed by atoms with Crippen LogP contribution in [0.25, 0.3) is 0 Å². The van der Waals surface area contributed by atoms with Crippen LogP contribution in [0.2, 0.25) is 0 Å². The normalized spacial score (nSPS) is 18.9. The van der Waals surface area contributed by atoms with Crippen molar-refractivity contribution in [3.05, 3.63) is 0 Å². The van der Waals surface area contributed by atoms with Crippen molar-refractivity contribution >= 4 is 11.8 Å². The molecule has 1 unspecified atom stereocenters. The Balaban J connectivity index is 2.30. The van der Waals surface area contributed by atoms with Gasteiger partial charge in [0, 0.05) is 12.3 Å². The minimum absolute atomic E-state index is 0.101. The maximum atomic E-state index is 11.4. The van der Waals surface area contributed by atoms with E-state index in [-0.39, 0.29) is 18.1 Å². The summed E-state index contributed by atoms with van der Waals surface area (Å²) in [5.74, 6) is -0.257. The molecule has 4 heteroatoms. The maximum absolute atomic E-state index is 11.4. The van der Waals surface area contributed by atoms with Gasteiger partial charge < -0.3 is 10.5 Å². The van der Waals surface area contributed by atoms with Crippen LogP contribution in [-0.2, 0) is 14.3 Å². The van der Waals surface area contributed by atoms with E-state index in [9.17, 15) is 9.59 Å². The molecule has 4 nitrogen and oxygen atoms in total. The van der Waals surface area contributed by atoms with Crippen molar-refractivity contribution in [3.63, 3.8) is 0 Å². The standard InChI is InChI=1S/C9H15NO3/c1-13-9(12)7(10)5-8(11)6-3-2-4-6/h6-7H,2-5,10H2,1H3. The molecular weight excluding hydrogens is 170 g/mol. The summed E-state index contributed by atoms with van der Waals surface area (Å²) in [7, 11) is 1.27. The number of hydrogen-bond donors (Lipinski definition) is 1. The maximum Gasteiger partial charge on any atom is 0.323 e. The van der Waals surface area contributed by atoms with Gasteiger partial charge in [-0.25, -0.2) is 0 Å². The lowest BCUT2D eigenvalue weighted by Crippen LogP contribution is -2.36. The van der Waals surface area contributed by atoms with Crippen molar-refractivity contribution in [2.75, 3.05) is 7.11 Å². The van der Waals surface area contributed by atoms with Crippen LogP contribution < -0.4 is 5.73 Å². The van der Waals surface area contributed by atoms with Crippen LogP contribution in [0.15, 0.2) is 0 Å². The molecule has 1 rings (SSSR count). The summed E-state index contributed by atoms with van der Waals surface area (Å²) in [5, 5.41) is 0. The van der Waals surface area contributed by atoms with E-state index in [0.29, 0.717) is 0 Å². The first-order chi connectivity index (χ1) is 6.15. The number of carbonyl (C=O) groups excluding carboxylic acids is 2. The number of ketones is 1. The predicted octanol–water partition coefficient (Wildman–Crippen LogP) is 0.246. The predicted molar refractivity (Wildman–Crippen MR) is 47.0 cm³/mol. The van der Waals surface area contributed by atoms with Crippen molar-refractivity contribution in [2.45, 2.75) is 31.7 Å². The Morgan fingerprint density at radius 3 is 2.54 bits per heavy atom. The van der Waals surface area contributed by atoms with Crippen LogP contribution in [0, 0.1) is 5.92 Å². The number of carbonyl (C=O) groups is 2. The van der Waals surface area contributed by atoms with E-state index in [1.165, 1.54) is 7.11 Å². The van der Waals surface area contributed by atoms with E-state index in [2.05, 4.69) is 4.74 Å². The van der Waals surface area contributed by atoms with Gasteiger partial charge in [-0.2, -0.15) is 0 Å². The van der Waals surface area contributed by atoms with Crippen LogP contribution >= 0.6 is 0 Å². The number of hydrogen-bond acceptors (Lipinski definition) is 4. The first-order valence-corrected chi connectivity index (χ1v) is 4.51. The molecule has 0 aromatic carbocycles. The first kappa shape index (κ1) is 10.2. The highest BCUT2D eigenvalue weighted by Crippen LogP contribution is 2.28. The van der Waals surface area contributed by atoms with Crippen LogP contribution in [-0.4, -0.2) is 24.9 Å². The number of Topliss-reactive ketones (excluding diaryl/α,β-unsaturated/α-hetero) is 1. The van der Waals surface area contributed by atoms with E-state index < -0.39 is 12.0 Å². The monoisotopic (exact) mass is 185 g/mol. The summed E-state index contributed by atoms with van der Waals surface area (Å²) < 4.78 is 4.43. The minimum atomic E-state index is -0.780. The zero-order chi connectivity index (χ0) is 9.84. The van der Waals surface area contributed by atoms with Gasteiger partial charge in [0.25, 0.3) is 0 Å². The van der Waals surface area contributed by atoms with Crippen LogP contribution in [0.3, 0.4) is 0 Å². The molecule has 1 saturated carbocycles. The molecule has 0 radical (unpaired) electrons. The lowest BCUT2D eigenvalue weighted by atomic mass is 9.80. The zero-order valence-electron chi connectivity index (χ0n) is 7.79. The molecule has 0 amide bonds. The molecule has 0 bridgehead atoms. The van der Waals surface area contributed by atoms with Crippen molar-refractivity contribution in [2.24, 2.45) is 11.7 Å². The Bertz CT molecular complexity index is 211. The summed E-state index contributed by atoms with van der Waals surface area (Å²) in [5.41, 5.74) is 5.45. The fourth-order valence-corrected chi connectivity index (χ4v) is 1.35. The van der Waals surface area contributed by atoms with E-state index in [1.807, 2.05) is 0 Å². The smallest absolute Gasteiger partial charge is 0.323 e. The molecule has 74 valence electrons. The molecule has 1 atom stereocenters. The number of esters is 1. The number of rotatable bonds is 4. The molecule has 0 heterocycles. The van der Waals surface area contributed by atoms with Crippen molar-refractivity contribution in [1.29, 1.82) is 0 Å². The van der Waals surface area contributed by atoms with Gasteiger partial charge in [-0.3, -0.25) is 9.59 Å². The summed E-state index contributed by atoms with van der Waals surface area (Å²) in [6, 6.07) is -0.780. The molecule has 1 aliphatic rings. The largest absolute Gasteiger partial charge is 0.468 e. The number of nitrogens with two attached hydrogens (primary N) is 1. The molecule has 0 aromatic rings. The molecule has 2 N–H and O–H groups in total. The third kappa shape index (κ3) is 2.52. The lowest BCUT2D eigenvalue weighted by molar-refractivity contribution is -0.144. The van der Waals surface area contributed by atoms with Gasteiger partial charge in [-0.05, 0) is 12.8 Å². The molecule has 1 fully saturated rings. The second kappa shape index (κ2) is 4.37. The van der Waals surface area contributed by atoms with E-state index in [1.54, 1.807) is 0 Å². The molecule has 0 aromatic heterocycles. The highest BCUT2D eigenvalue weighted by Gasteiger charge is 2.28. The fraction of sp³-hybridized carbons (Fsp3) is 0.778. The van der Waals surface area contributed by atoms with Crippen LogP contribution in [0.1, 0.15) is 25.7 Å². The van der Waals surface area contributed by atoms with Gasteiger partial charge in [0.1, 0.15) is 11.8 Å². The molecular formula is C9H15NO3. The van der Waals surface area contributed by atoms with Gasteiger partial charge >= 0.3 is 5.97 Å². The van der Waals surface area contributed by atoms with Crippen molar-refractivity contribution in [1.82, 2.24) is 0 Å². The third-order valence-electron chi connectivity index (χ3n) is 2.49. The second-order valence-electron chi connectivity index (χ2n) is 3.43. The SMILES string of the molecule is COC(=O)C(N)CC(=O)C1CCC1. The third-order valence-corrected chi connectivity index (χ3v) is 2.49. The minimum Gasteiger partial charge on any atom is -0.468 e. The summed E-state index contributed by atoms with van der Waals surface area (Å²) in [6.07, 6.45) is 3.14. The highest BCUT2D eigenvalue weighted by molar-refractivity contribution is 5.88. The second-order valence-corrected chi connectivity index (χ2v) is 3.43. The van der Waals surface area contributed by atoms with Gasteiger partial charge in [0.2, 0.25) is 0 Å². The molecule has 13 heavy (non-hydrogen) atoms. The molecule has 0 aliphatic heterocycles. The quantitative estimate of drug-likeness (QED) is 0.637. The van der Waals surface area contributed by atoms with E-state index in [4.69, 9.17) is 5.73 Å². The fourth-order valence-electron chi connectivity index (χ4n) is 1.35. The molecule has 0 saturated heterocycles. The average molecular weight is 185 g/mol. The van der Waals surface area contributed by atoms with E-state index >= 15 is 0 Å². The molecule has 0 spiro atoms. The molecule has 1 aliphatic carbocycles. The lowest BCUT2D eigenvalue weighted by Gasteiger charge is -2.24. The van der Waals surface area contributed by atoms with Gasteiger partial charge in [-0.15, -0.1) is 0 Å². The number of ether oxygens (including phenoxy) is 1. The van der Waals surface area contributed by atoms with Gasteiger partial charge in [-0.1, -0.05) is 6.42 Å². The van der Waals surface area contributed by atoms with Gasteiger partial charge in [0.15, 0.2) is 0 Å². The van der Waals surface area contributed by atoms with Crippen molar-refractivity contribution < 1.29 is 14.3 Å². The Hall–Kier alpha value is -0.900. The summed E-state index contributed by atoms with van der Waals surface area (Å²) in [6.45, 7) is 0. The highest BCUT2D eigenvalue weighted by atomic mass is 16.5. The first-order valence-electron chi connectivity index (χ1n) is 4.51. The number of methoxy groups -OCH3 is 1. The Labute approximate surface area is 77.4 Å². The zero-order valence-corrected chi connectivity index (χ0v) is 7.79.